The zero-order valence-corrected chi connectivity index (χ0v) is 21.5. The predicted octanol–water partition coefficient (Wildman–Crippen LogP) is 6.34. The Morgan fingerprint density at radius 2 is 1.84 bits per heavy atom. The summed E-state index contributed by atoms with van der Waals surface area (Å²) in [6.45, 7) is 16.8. The second-order valence-electron chi connectivity index (χ2n) is 12.6. The molecule has 0 spiro atoms. The first-order chi connectivity index (χ1) is 14.8. The maximum atomic E-state index is 10.7. The summed E-state index contributed by atoms with van der Waals surface area (Å²) < 4.78 is 0. The SMILES string of the molecule is C=C1[C@H](O)C/C(=C\C=C2/CCC[C@]3(C)[C@@H]([C@H](C)CCCC(C)(C)O)CC[C@@H]23)C(C)(C)[C@H]1O. The van der Waals surface area contributed by atoms with Crippen LogP contribution in [0.2, 0.25) is 0 Å². The van der Waals surface area contributed by atoms with Gasteiger partial charge in [-0.05, 0) is 87.5 Å². The summed E-state index contributed by atoms with van der Waals surface area (Å²) in [5.41, 5.74) is 2.66. The van der Waals surface area contributed by atoms with E-state index in [1.807, 2.05) is 13.8 Å². The van der Waals surface area contributed by atoms with Crippen molar-refractivity contribution in [3.05, 3.63) is 35.5 Å². The lowest BCUT2D eigenvalue weighted by Gasteiger charge is -2.45. The summed E-state index contributed by atoms with van der Waals surface area (Å²) in [4.78, 5) is 0. The van der Waals surface area contributed by atoms with Gasteiger partial charge in [0, 0.05) is 5.41 Å². The van der Waals surface area contributed by atoms with Crippen LogP contribution >= 0.6 is 0 Å². The van der Waals surface area contributed by atoms with Crippen LogP contribution in [0.5, 0.6) is 0 Å². The van der Waals surface area contributed by atoms with Crippen molar-refractivity contribution in [3.63, 3.8) is 0 Å². The van der Waals surface area contributed by atoms with Gasteiger partial charge < -0.3 is 15.3 Å². The third kappa shape index (κ3) is 5.10. The lowest BCUT2D eigenvalue weighted by Crippen LogP contribution is -2.42. The van der Waals surface area contributed by atoms with Gasteiger partial charge in [-0.3, -0.25) is 0 Å². The van der Waals surface area contributed by atoms with Crippen LogP contribution < -0.4 is 0 Å². The molecule has 182 valence electrons. The van der Waals surface area contributed by atoms with Crippen molar-refractivity contribution in [2.45, 2.75) is 117 Å². The number of aliphatic hydroxyl groups is 3. The number of fused-ring (bicyclic) bond motifs is 1. The van der Waals surface area contributed by atoms with Crippen molar-refractivity contribution in [1.82, 2.24) is 0 Å². The molecule has 3 N–H and O–H groups in total. The first-order valence-corrected chi connectivity index (χ1v) is 12.9. The average molecular weight is 445 g/mol. The van der Waals surface area contributed by atoms with Crippen molar-refractivity contribution >= 4 is 0 Å². The van der Waals surface area contributed by atoms with Gasteiger partial charge in [-0.2, -0.15) is 0 Å². The van der Waals surface area contributed by atoms with Gasteiger partial charge in [0.25, 0.3) is 0 Å². The fraction of sp³-hybridized carbons (Fsp3) is 0.793. The van der Waals surface area contributed by atoms with E-state index in [-0.39, 0.29) is 0 Å². The molecule has 3 aliphatic rings. The van der Waals surface area contributed by atoms with Gasteiger partial charge in [0.05, 0.1) is 17.8 Å². The molecule has 0 aromatic heterocycles. The largest absolute Gasteiger partial charge is 0.390 e. The second kappa shape index (κ2) is 9.39. The number of hydrogen-bond donors (Lipinski definition) is 3. The van der Waals surface area contributed by atoms with Crippen molar-refractivity contribution < 1.29 is 15.3 Å². The normalized spacial score (nSPS) is 38.8. The minimum absolute atomic E-state index is 0.367. The monoisotopic (exact) mass is 444 g/mol. The third-order valence-corrected chi connectivity index (χ3v) is 9.38. The molecule has 0 amide bonds. The van der Waals surface area contributed by atoms with E-state index in [4.69, 9.17) is 0 Å². The highest BCUT2D eigenvalue weighted by molar-refractivity contribution is 5.34. The fourth-order valence-electron chi connectivity index (χ4n) is 7.19. The Morgan fingerprint density at radius 1 is 1.16 bits per heavy atom. The van der Waals surface area contributed by atoms with Gasteiger partial charge in [-0.15, -0.1) is 0 Å². The van der Waals surface area contributed by atoms with Crippen molar-refractivity contribution in [3.8, 4) is 0 Å². The summed E-state index contributed by atoms with van der Waals surface area (Å²) in [5, 5.41) is 31.1. The average Bonchev–Trinajstić information content (AvgIpc) is 3.05. The van der Waals surface area contributed by atoms with E-state index in [2.05, 4.69) is 46.4 Å². The minimum Gasteiger partial charge on any atom is -0.390 e. The van der Waals surface area contributed by atoms with Gasteiger partial charge in [0.15, 0.2) is 0 Å². The maximum absolute atomic E-state index is 10.7. The summed E-state index contributed by atoms with van der Waals surface area (Å²) in [6.07, 6.45) is 13.3. The Kier molecular flexibility index (Phi) is 7.55. The standard InChI is InChI=1S/C29H48O3/c1-19(10-8-16-27(3,4)32)23-14-15-24-21(11-9-17-29(23,24)7)12-13-22-18-25(30)20(2)26(31)28(22,5)6/h12-13,19,23-26,30-32H,2,8-11,14-18H2,1,3-7H3/b21-12+,22-13+/t19-,23-,24+,25-,26+,29-/m1/s1. The summed E-state index contributed by atoms with van der Waals surface area (Å²) in [6, 6.07) is 0. The van der Waals surface area contributed by atoms with E-state index >= 15 is 0 Å². The van der Waals surface area contributed by atoms with Crippen molar-refractivity contribution in [2.75, 3.05) is 0 Å². The number of allylic oxidation sites excluding steroid dienone is 3. The Morgan fingerprint density at radius 3 is 2.50 bits per heavy atom. The fourth-order valence-corrected chi connectivity index (χ4v) is 7.19. The predicted molar refractivity (Wildman–Crippen MR) is 133 cm³/mol. The lowest BCUT2D eigenvalue weighted by atomic mass is 9.60. The van der Waals surface area contributed by atoms with Crippen molar-refractivity contribution in [2.24, 2.45) is 28.6 Å². The maximum Gasteiger partial charge on any atom is 0.0860 e. The van der Waals surface area contributed by atoms with Crippen LogP contribution in [-0.2, 0) is 0 Å². The molecule has 0 heterocycles. The van der Waals surface area contributed by atoms with Crippen LogP contribution in [-0.4, -0.2) is 33.1 Å². The zero-order valence-electron chi connectivity index (χ0n) is 21.5. The Hall–Kier alpha value is -0.900. The van der Waals surface area contributed by atoms with E-state index in [1.54, 1.807) is 5.57 Å². The molecule has 0 aliphatic heterocycles. The van der Waals surface area contributed by atoms with Crippen LogP contribution in [0.15, 0.2) is 35.5 Å². The highest BCUT2D eigenvalue weighted by Crippen LogP contribution is 2.60. The quantitative estimate of drug-likeness (QED) is 0.419. The number of hydrogen-bond acceptors (Lipinski definition) is 3. The van der Waals surface area contributed by atoms with E-state index in [0.717, 1.165) is 24.3 Å². The molecule has 3 saturated carbocycles. The summed E-state index contributed by atoms with van der Waals surface area (Å²) >= 11 is 0. The van der Waals surface area contributed by atoms with Crippen LogP contribution in [0, 0.1) is 28.6 Å². The first-order valence-electron chi connectivity index (χ1n) is 12.9. The molecular weight excluding hydrogens is 396 g/mol. The van der Waals surface area contributed by atoms with E-state index in [9.17, 15) is 15.3 Å². The molecule has 3 rings (SSSR count). The first kappa shape index (κ1) is 25.7. The molecule has 3 nitrogen and oxygen atoms in total. The Labute approximate surface area is 196 Å². The highest BCUT2D eigenvalue weighted by atomic mass is 16.3. The summed E-state index contributed by atoms with van der Waals surface area (Å²) in [5.74, 6) is 2.09. The van der Waals surface area contributed by atoms with E-state index < -0.39 is 23.2 Å². The third-order valence-electron chi connectivity index (χ3n) is 9.38. The van der Waals surface area contributed by atoms with Crippen LogP contribution in [0.25, 0.3) is 0 Å². The molecule has 0 aromatic rings. The van der Waals surface area contributed by atoms with E-state index in [1.165, 1.54) is 38.5 Å². The summed E-state index contributed by atoms with van der Waals surface area (Å²) in [7, 11) is 0. The number of rotatable bonds is 6. The molecule has 3 fully saturated rings. The smallest absolute Gasteiger partial charge is 0.0860 e. The van der Waals surface area contributed by atoms with Gasteiger partial charge in [0.1, 0.15) is 0 Å². The van der Waals surface area contributed by atoms with Gasteiger partial charge in [0.2, 0.25) is 0 Å². The molecule has 6 atom stereocenters. The molecular formula is C29H48O3. The molecule has 3 heteroatoms. The van der Waals surface area contributed by atoms with Gasteiger partial charge in [-0.25, -0.2) is 0 Å². The Balaban J connectivity index is 1.75. The lowest BCUT2D eigenvalue weighted by molar-refractivity contribution is 0.0480. The van der Waals surface area contributed by atoms with Crippen molar-refractivity contribution in [1.29, 1.82) is 0 Å². The molecule has 0 radical (unpaired) electrons. The van der Waals surface area contributed by atoms with Gasteiger partial charge >= 0.3 is 0 Å². The highest BCUT2D eigenvalue weighted by Gasteiger charge is 2.50. The molecule has 0 unspecified atom stereocenters. The van der Waals surface area contributed by atoms with Crippen LogP contribution in [0.1, 0.15) is 99.3 Å². The molecule has 0 aromatic carbocycles. The molecule has 32 heavy (non-hydrogen) atoms. The topological polar surface area (TPSA) is 60.7 Å². The molecule has 0 bridgehead atoms. The van der Waals surface area contributed by atoms with Crippen LogP contribution in [0.4, 0.5) is 0 Å². The second-order valence-corrected chi connectivity index (χ2v) is 12.6. The minimum atomic E-state index is -0.701. The zero-order chi connectivity index (χ0) is 23.9. The van der Waals surface area contributed by atoms with Gasteiger partial charge in [-0.1, -0.05) is 70.4 Å². The molecule has 0 saturated heterocycles. The number of aliphatic hydroxyl groups excluding tert-OH is 2. The van der Waals surface area contributed by atoms with E-state index in [0.29, 0.717) is 29.2 Å². The van der Waals surface area contributed by atoms with Crippen LogP contribution in [0.3, 0.4) is 0 Å². The Bertz CT molecular complexity index is 753. The molecule has 3 aliphatic carbocycles.